The van der Waals surface area contributed by atoms with E-state index >= 15 is 0 Å². The second kappa shape index (κ2) is 12.0. The van der Waals surface area contributed by atoms with Crippen LogP contribution in [0.25, 0.3) is 11.0 Å². The van der Waals surface area contributed by atoms with Crippen molar-refractivity contribution < 1.29 is 4.74 Å². The highest BCUT2D eigenvalue weighted by Crippen LogP contribution is 2.34. The lowest BCUT2D eigenvalue weighted by Gasteiger charge is -2.49. The van der Waals surface area contributed by atoms with Crippen LogP contribution in [-0.2, 0) is 24.9 Å². The van der Waals surface area contributed by atoms with Crippen LogP contribution in [0.15, 0.2) is 41.3 Å². The van der Waals surface area contributed by atoms with E-state index < -0.39 is 0 Å². The Morgan fingerprint density at radius 1 is 1.15 bits per heavy atom. The van der Waals surface area contributed by atoms with E-state index in [2.05, 4.69) is 79.7 Å². The fraction of sp³-hybridized carbons (Fsp3) is 0.594. The van der Waals surface area contributed by atoms with Gasteiger partial charge in [0.1, 0.15) is 12.1 Å². The van der Waals surface area contributed by atoms with Crippen LogP contribution in [0.3, 0.4) is 0 Å². The van der Waals surface area contributed by atoms with E-state index in [9.17, 15) is 10.1 Å². The number of morpholine rings is 1. The van der Waals surface area contributed by atoms with Crippen LogP contribution < -0.4 is 10.5 Å². The first-order valence-corrected chi connectivity index (χ1v) is 15.1. The summed E-state index contributed by atoms with van der Waals surface area (Å²) in [6.45, 7) is 16.7. The Labute approximate surface area is 243 Å². The third-order valence-corrected chi connectivity index (χ3v) is 9.03. The summed E-state index contributed by atoms with van der Waals surface area (Å²) in [4.78, 5) is 20.5. The van der Waals surface area contributed by atoms with Crippen molar-refractivity contribution in [1.82, 2.24) is 24.1 Å². The number of ether oxygens (including phenoxy) is 1. The van der Waals surface area contributed by atoms with Gasteiger partial charge in [0.15, 0.2) is 0 Å². The van der Waals surface area contributed by atoms with Crippen LogP contribution in [-0.4, -0.2) is 74.6 Å². The summed E-state index contributed by atoms with van der Waals surface area (Å²) in [6.07, 6.45) is 3.78. The summed E-state index contributed by atoms with van der Waals surface area (Å²) < 4.78 is 9.14. The Hall–Kier alpha value is -3.19. The molecule has 4 heterocycles. The van der Waals surface area contributed by atoms with Gasteiger partial charge in [0.05, 0.1) is 35.7 Å². The van der Waals surface area contributed by atoms with Gasteiger partial charge >= 0.3 is 0 Å². The number of piperazine rings is 1. The average Bonchev–Trinajstić information content (AvgIpc) is 3.38. The Morgan fingerprint density at radius 2 is 1.88 bits per heavy atom. The number of aryl methyl sites for hydroxylation is 1. The number of nitriles is 1. The molecule has 0 aliphatic carbocycles. The number of hydrogen-bond acceptors (Lipinski definition) is 7. The molecular weight excluding hydrogens is 514 g/mol. The highest BCUT2D eigenvalue weighted by molar-refractivity contribution is 5.88. The minimum absolute atomic E-state index is 0.0524. The standard InChI is InChI=1S/C32H45N7O2/c1-7-26-20-39(28-17-30(40)35(6)29-21-37(14-13-33)34-31(28)29)27(8-2)19-38(26)23(3)25-11-9-24(10-12-25)18-36-15-16-41-32(4,5)22-36/h9-12,17,21,23,26-27H,7-8,14-16,18-20,22H2,1-6H3/t23?,26-,27+/m1/s1. The Morgan fingerprint density at radius 3 is 2.54 bits per heavy atom. The lowest BCUT2D eigenvalue weighted by molar-refractivity contribution is -0.0882. The number of rotatable bonds is 8. The van der Waals surface area contributed by atoms with Crippen LogP contribution in [0.4, 0.5) is 5.69 Å². The van der Waals surface area contributed by atoms with Crippen LogP contribution in [0.2, 0.25) is 0 Å². The summed E-state index contributed by atoms with van der Waals surface area (Å²) in [7, 11) is 1.77. The molecular formula is C32H45N7O2. The zero-order chi connectivity index (χ0) is 29.3. The topological polar surface area (TPSA) is 82.6 Å². The van der Waals surface area contributed by atoms with Crippen LogP contribution in [0, 0.1) is 11.3 Å². The van der Waals surface area contributed by atoms with Gasteiger partial charge < -0.3 is 14.2 Å². The largest absolute Gasteiger partial charge is 0.373 e. The minimum atomic E-state index is -0.0883. The molecule has 3 aromatic rings. The summed E-state index contributed by atoms with van der Waals surface area (Å²) in [5.74, 6) is 0. The van der Waals surface area contributed by atoms with E-state index in [4.69, 9.17) is 9.84 Å². The number of pyridine rings is 1. The SMILES string of the molecule is CC[C@H]1CN(C(C)c2ccc(CN3CCOC(C)(C)C3)cc2)[C@H](CC)CN1c1cc(=O)n(C)c2cn(CC#N)nc12. The molecule has 0 radical (unpaired) electrons. The lowest BCUT2D eigenvalue weighted by atomic mass is 9.96. The first-order chi connectivity index (χ1) is 19.6. The smallest absolute Gasteiger partial charge is 0.252 e. The van der Waals surface area contributed by atoms with E-state index in [1.807, 2.05) is 6.20 Å². The van der Waals surface area contributed by atoms with E-state index in [1.54, 1.807) is 22.4 Å². The molecule has 9 nitrogen and oxygen atoms in total. The first kappa shape index (κ1) is 29.3. The predicted molar refractivity (Wildman–Crippen MR) is 163 cm³/mol. The molecule has 41 heavy (non-hydrogen) atoms. The van der Waals surface area contributed by atoms with Crippen molar-refractivity contribution in [2.45, 2.75) is 84.3 Å². The van der Waals surface area contributed by atoms with Crippen LogP contribution in [0.1, 0.15) is 64.6 Å². The molecule has 2 aliphatic heterocycles. The van der Waals surface area contributed by atoms with Gasteiger partial charge in [0, 0.05) is 64.0 Å². The van der Waals surface area contributed by atoms with Gasteiger partial charge in [0.25, 0.3) is 5.56 Å². The quantitative estimate of drug-likeness (QED) is 0.407. The van der Waals surface area contributed by atoms with E-state index in [1.165, 1.54) is 11.1 Å². The normalized spacial score (nSPS) is 22.6. The van der Waals surface area contributed by atoms with Gasteiger partial charge in [0.2, 0.25) is 0 Å². The van der Waals surface area contributed by atoms with Crippen LogP contribution >= 0.6 is 0 Å². The molecule has 3 atom stereocenters. The van der Waals surface area contributed by atoms with E-state index in [-0.39, 0.29) is 29.8 Å². The van der Waals surface area contributed by atoms with Gasteiger partial charge in [-0.25, -0.2) is 0 Å². The average molecular weight is 560 g/mol. The van der Waals surface area contributed by atoms with E-state index in [0.717, 1.165) is 68.9 Å². The van der Waals surface area contributed by atoms with Crippen molar-refractivity contribution in [3.63, 3.8) is 0 Å². The number of nitrogens with zero attached hydrogens (tertiary/aromatic N) is 7. The Kier molecular flexibility index (Phi) is 8.55. The molecule has 2 aromatic heterocycles. The molecule has 1 aromatic carbocycles. The summed E-state index contributed by atoms with van der Waals surface area (Å²) >= 11 is 0. The Bertz CT molecular complexity index is 1450. The molecule has 2 saturated heterocycles. The van der Waals surface area contributed by atoms with Crippen molar-refractivity contribution >= 4 is 16.7 Å². The van der Waals surface area contributed by atoms with Crippen molar-refractivity contribution in [3.05, 3.63) is 58.0 Å². The molecule has 0 saturated carbocycles. The highest BCUT2D eigenvalue weighted by Gasteiger charge is 2.36. The number of hydrogen-bond donors (Lipinski definition) is 0. The summed E-state index contributed by atoms with van der Waals surface area (Å²) in [5, 5.41) is 13.9. The lowest BCUT2D eigenvalue weighted by Crippen LogP contribution is -2.58. The number of benzene rings is 1. The van der Waals surface area contributed by atoms with Crippen molar-refractivity contribution in [2.24, 2.45) is 7.05 Å². The predicted octanol–water partition coefficient (Wildman–Crippen LogP) is 4.31. The second-order valence-corrected chi connectivity index (χ2v) is 12.4. The minimum Gasteiger partial charge on any atom is -0.373 e. The van der Waals surface area contributed by atoms with Crippen molar-refractivity contribution in [3.8, 4) is 6.07 Å². The monoisotopic (exact) mass is 559 g/mol. The third-order valence-electron chi connectivity index (χ3n) is 9.03. The third kappa shape index (κ3) is 6.06. The first-order valence-electron chi connectivity index (χ1n) is 15.1. The molecule has 5 rings (SSSR count). The number of aromatic nitrogens is 3. The maximum atomic E-state index is 13.0. The zero-order valence-corrected chi connectivity index (χ0v) is 25.5. The fourth-order valence-electron chi connectivity index (χ4n) is 6.67. The molecule has 220 valence electrons. The Balaban J connectivity index is 1.36. The van der Waals surface area contributed by atoms with Gasteiger partial charge in [-0.15, -0.1) is 0 Å². The summed E-state index contributed by atoms with van der Waals surface area (Å²) in [6, 6.07) is 13.9. The highest BCUT2D eigenvalue weighted by atomic mass is 16.5. The van der Waals surface area contributed by atoms with E-state index in [0.29, 0.717) is 6.04 Å². The number of anilines is 1. The van der Waals surface area contributed by atoms with Gasteiger partial charge in [-0.05, 0) is 44.7 Å². The second-order valence-electron chi connectivity index (χ2n) is 12.4. The van der Waals surface area contributed by atoms with Crippen molar-refractivity contribution in [1.29, 1.82) is 5.26 Å². The van der Waals surface area contributed by atoms with Gasteiger partial charge in [-0.1, -0.05) is 38.1 Å². The van der Waals surface area contributed by atoms with Crippen molar-refractivity contribution in [2.75, 3.05) is 37.7 Å². The molecule has 0 N–H and O–H groups in total. The maximum Gasteiger partial charge on any atom is 0.252 e. The zero-order valence-electron chi connectivity index (χ0n) is 25.5. The van der Waals surface area contributed by atoms with Gasteiger partial charge in [-0.2, -0.15) is 10.4 Å². The maximum absolute atomic E-state index is 13.0. The molecule has 2 fully saturated rings. The molecule has 2 aliphatic rings. The summed E-state index contributed by atoms with van der Waals surface area (Å²) in [5.41, 5.74) is 4.97. The molecule has 0 bridgehead atoms. The number of fused-ring (bicyclic) bond motifs is 1. The molecule has 0 spiro atoms. The molecule has 9 heteroatoms. The molecule has 0 amide bonds. The fourth-order valence-corrected chi connectivity index (χ4v) is 6.67. The molecule has 1 unspecified atom stereocenters. The van der Waals surface area contributed by atoms with Gasteiger partial charge in [-0.3, -0.25) is 19.3 Å². The van der Waals surface area contributed by atoms with Crippen LogP contribution in [0.5, 0.6) is 0 Å².